The number of nitrogens with zero attached hydrogens (tertiary/aromatic N) is 5. The number of aromatic nitrogens is 5. The van der Waals surface area contributed by atoms with Crippen LogP contribution in [0.4, 0.5) is 11.4 Å². The summed E-state index contributed by atoms with van der Waals surface area (Å²) in [5.74, 6) is 2.07. The van der Waals surface area contributed by atoms with Crippen molar-refractivity contribution in [3.05, 3.63) is 72.6 Å². The van der Waals surface area contributed by atoms with E-state index < -0.39 is 0 Å². The standard InChI is InChI=1S/C25H26N6O2/c1-32-23-10-4-9-22(24(23)33-21-7-2-3-8-21)31(17-18-6-5-15-26-16-18)20-13-11-19(12-14-20)25-27-29-30-28-25/h4-6,9-16,21H,2-3,7-8,17H2,1H3,(H,27,28,29,30). The van der Waals surface area contributed by atoms with Crippen molar-refractivity contribution in [2.24, 2.45) is 0 Å². The maximum Gasteiger partial charge on any atom is 0.204 e. The van der Waals surface area contributed by atoms with Crippen molar-refractivity contribution in [3.8, 4) is 22.9 Å². The van der Waals surface area contributed by atoms with E-state index in [0.717, 1.165) is 46.8 Å². The Bertz CT molecular complexity index is 1160. The predicted octanol–water partition coefficient (Wildman–Crippen LogP) is 4.93. The highest BCUT2D eigenvalue weighted by atomic mass is 16.5. The minimum Gasteiger partial charge on any atom is -0.493 e. The van der Waals surface area contributed by atoms with Crippen LogP contribution in [0.15, 0.2) is 67.0 Å². The Labute approximate surface area is 192 Å². The molecule has 8 heteroatoms. The number of nitrogens with one attached hydrogen (secondary N) is 1. The van der Waals surface area contributed by atoms with E-state index in [4.69, 9.17) is 9.47 Å². The van der Waals surface area contributed by atoms with Gasteiger partial charge >= 0.3 is 0 Å². The van der Waals surface area contributed by atoms with Crippen molar-refractivity contribution < 1.29 is 9.47 Å². The molecule has 0 amide bonds. The molecule has 0 aliphatic heterocycles. The third-order valence-corrected chi connectivity index (χ3v) is 5.90. The first-order chi connectivity index (χ1) is 16.3. The number of ether oxygens (including phenoxy) is 2. The second-order valence-corrected chi connectivity index (χ2v) is 8.06. The first-order valence-electron chi connectivity index (χ1n) is 11.2. The van der Waals surface area contributed by atoms with Gasteiger partial charge in [-0.3, -0.25) is 4.98 Å². The molecule has 0 unspecified atom stereocenters. The molecule has 4 aromatic rings. The Hall–Kier alpha value is -3.94. The molecule has 2 aromatic heterocycles. The summed E-state index contributed by atoms with van der Waals surface area (Å²) in [6.45, 7) is 0.629. The van der Waals surface area contributed by atoms with E-state index in [1.54, 1.807) is 13.3 Å². The van der Waals surface area contributed by atoms with E-state index in [1.807, 2.05) is 36.5 Å². The number of tetrazole rings is 1. The average Bonchev–Trinajstić information content (AvgIpc) is 3.59. The van der Waals surface area contributed by atoms with Gasteiger partial charge in [0.15, 0.2) is 11.5 Å². The van der Waals surface area contributed by atoms with Crippen LogP contribution in [0.2, 0.25) is 0 Å². The molecule has 0 radical (unpaired) electrons. The Morgan fingerprint density at radius 2 is 1.88 bits per heavy atom. The molecule has 33 heavy (non-hydrogen) atoms. The molecule has 2 aromatic carbocycles. The highest BCUT2D eigenvalue weighted by Crippen LogP contribution is 2.43. The van der Waals surface area contributed by atoms with E-state index in [0.29, 0.717) is 12.4 Å². The Morgan fingerprint density at radius 1 is 1.03 bits per heavy atom. The predicted molar refractivity (Wildman–Crippen MR) is 126 cm³/mol. The van der Waals surface area contributed by atoms with Crippen LogP contribution in [0.3, 0.4) is 0 Å². The summed E-state index contributed by atoms with van der Waals surface area (Å²) in [5.41, 5.74) is 3.95. The van der Waals surface area contributed by atoms with Crippen molar-refractivity contribution in [1.29, 1.82) is 0 Å². The zero-order valence-electron chi connectivity index (χ0n) is 18.5. The second kappa shape index (κ2) is 9.68. The Balaban J connectivity index is 1.56. The molecule has 8 nitrogen and oxygen atoms in total. The van der Waals surface area contributed by atoms with Crippen molar-refractivity contribution in [2.45, 2.75) is 38.3 Å². The number of rotatable bonds is 8. The number of H-pyrrole nitrogens is 1. The minimum atomic E-state index is 0.209. The molecule has 0 bridgehead atoms. The maximum absolute atomic E-state index is 6.54. The molecule has 0 saturated heterocycles. The highest BCUT2D eigenvalue weighted by Gasteiger charge is 2.24. The largest absolute Gasteiger partial charge is 0.493 e. The zero-order chi connectivity index (χ0) is 22.5. The van der Waals surface area contributed by atoms with Gasteiger partial charge in [0, 0.05) is 30.2 Å². The SMILES string of the molecule is COc1cccc(N(Cc2cccnc2)c2ccc(-c3nn[nH]n3)cc2)c1OC1CCCC1. The van der Waals surface area contributed by atoms with Gasteiger partial charge in [-0.1, -0.05) is 12.1 Å². The van der Waals surface area contributed by atoms with Crippen molar-refractivity contribution in [2.75, 3.05) is 12.0 Å². The van der Waals surface area contributed by atoms with Gasteiger partial charge in [-0.05, 0) is 78.9 Å². The lowest BCUT2D eigenvalue weighted by atomic mass is 10.1. The Morgan fingerprint density at radius 3 is 2.58 bits per heavy atom. The molecule has 0 atom stereocenters. The van der Waals surface area contributed by atoms with Crippen LogP contribution < -0.4 is 14.4 Å². The quantitative estimate of drug-likeness (QED) is 0.414. The minimum absolute atomic E-state index is 0.209. The van der Waals surface area contributed by atoms with Gasteiger partial charge in [0.25, 0.3) is 0 Å². The Kier molecular flexibility index (Phi) is 6.14. The van der Waals surface area contributed by atoms with Gasteiger partial charge in [0.05, 0.1) is 18.9 Å². The molecular weight excluding hydrogens is 416 g/mol. The van der Waals surface area contributed by atoms with Gasteiger partial charge in [0.2, 0.25) is 5.82 Å². The van der Waals surface area contributed by atoms with Crippen molar-refractivity contribution in [1.82, 2.24) is 25.6 Å². The molecule has 1 aliphatic rings. The fraction of sp³-hybridized carbons (Fsp3) is 0.280. The van der Waals surface area contributed by atoms with E-state index in [1.165, 1.54) is 12.8 Å². The van der Waals surface area contributed by atoms with Crippen LogP contribution in [-0.4, -0.2) is 38.8 Å². The molecule has 0 spiro atoms. The number of para-hydroxylation sites is 1. The van der Waals surface area contributed by atoms with E-state index in [2.05, 4.69) is 54.8 Å². The number of anilines is 2. The first-order valence-corrected chi connectivity index (χ1v) is 11.2. The average molecular weight is 443 g/mol. The van der Waals surface area contributed by atoms with Crippen LogP contribution in [-0.2, 0) is 6.54 Å². The van der Waals surface area contributed by atoms with Gasteiger partial charge in [-0.2, -0.15) is 5.21 Å². The fourth-order valence-electron chi connectivity index (χ4n) is 4.23. The van der Waals surface area contributed by atoms with Crippen molar-refractivity contribution >= 4 is 11.4 Å². The topological polar surface area (TPSA) is 89.1 Å². The summed E-state index contributed by atoms with van der Waals surface area (Å²) in [6, 6.07) is 18.2. The van der Waals surface area contributed by atoms with Gasteiger partial charge in [-0.15, -0.1) is 10.2 Å². The molecule has 1 aliphatic carbocycles. The van der Waals surface area contributed by atoms with Gasteiger partial charge in [0.1, 0.15) is 0 Å². The lowest BCUT2D eigenvalue weighted by Gasteiger charge is -2.29. The summed E-state index contributed by atoms with van der Waals surface area (Å²) in [7, 11) is 1.69. The summed E-state index contributed by atoms with van der Waals surface area (Å²) >= 11 is 0. The van der Waals surface area contributed by atoms with Crippen LogP contribution in [0, 0.1) is 0 Å². The monoisotopic (exact) mass is 442 g/mol. The summed E-state index contributed by atoms with van der Waals surface area (Å²) in [5, 5.41) is 14.3. The lowest BCUT2D eigenvalue weighted by Crippen LogP contribution is -2.20. The van der Waals surface area contributed by atoms with Crippen LogP contribution in [0.1, 0.15) is 31.2 Å². The zero-order valence-corrected chi connectivity index (χ0v) is 18.5. The maximum atomic E-state index is 6.54. The molecule has 5 rings (SSSR count). The third kappa shape index (κ3) is 4.64. The highest BCUT2D eigenvalue weighted by molar-refractivity contribution is 5.74. The molecule has 1 saturated carbocycles. The summed E-state index contributed by atoms with van der Waals surface area (Å²) < 4.78 is 12.2. The van der Waals surface area contributed by atoms with Crippen molar-refractivity contribution in [3.63, 3.8) is 0 Å². The van der Waals surface area contributed by atoms with E-state index >= 15 is 0 Å². The number of hydrogen-bond donors (Lipinski definition) is 1. The van der Waals surface area contributed by atoms with Crippen LogP contribution in [0.25, 0.3) is 11.4 Å². The smallest absolute Gasteiger partial charge is 0.204 e. The summed E-state index contributed by atoms with van der Waals surface area (Å²) in [6.07, 6.45) is 8.42. The first kappa shape index (κ1) is 20.9. The fourth-order valence-corrected chi connectivity index (χ4v) is 4.23. The molecule has 2 heterocycles. The van der Waals surface area contributed by atoms with E-state index in [-0.39, 0.29) is 6.10 Å². The number of hydrogen-bond acceptors (Lipinski definition) is 7. The van der Waals surface area contributed by atoms with E-state index in [9.17, 15) is 0 Å². The summed E-state index contributed by atoms with van der Waals surface area (Å²) in [4.78, 5) is 6.53. The molecule has 1 N–H and O–H groups in total. The third-order valence-electron chi connectivity index (χ3n) is 5.90. The second-order valence-electron chi connectivity index (χ2n) is 8.06. The van der Waals surface area contributed by atoms with Crippen LogP contribution in [0.5, 0.6) is 11.5 Å². The number of benzene rings is 2. The lowest BCUT2D eigenvalue weighted by molar-refractivity contribution is 0.201. The number of pyridine rings is 1. The number of aromatic amines is 1. The molecule has 168 valence electrons. The molecule has 1 fully saturated rings. The van der Waals surface area contributed by atoms with Gasteiger partial charge in [-0.25, -0.2) is 0 Å². The normalized spacial score (nSPS) is 13.7. The van der Waals surface area contributed by atoms with Gasteiger partial charge < -0.3 is 14.4 Å². The number of methoxy groups -OCH3 is 1. The van der Waals surface area contributed by atoms with Crippen LogP contribution >= 0.6 is 0 Å². The molecular formula is C25H26N6O2.